The minimum absolute atomic E-state index is 0.0704. The van der Waals surface area contributed by atoms with Crippen LogP contribution in [0.4, 0.5) is 5.69 Å². The zero-order valence-electron chi connectivity index (χ0n) is 17.5. The van der Waals surface area contributed by atoms with E-state index >= 15 is 0 Å². The number of sulfonamides is 1. The van der Waals surface area contributed by atoms with Crippen molar-refractivity contribution in [2.75, 3.05) is 33.1 Å². The summed E-state index contributed by atoms with van der Waals surface area (Å²) >= 11 is 0. The van der Waals surface area contributed by atoms with Gasteiger partial charge in [0, 0.05) is 31.8 Å². The van der Waals surface area contributed by atoms with E-state index in [-0.39, 0.29) is 29.6 Å². The van der Waals surface area contributed by atoms with Gasteiger partial charge in [-0.15, -0.1) is 0 Å². The lowest BCUT2D eigenvalue weighted by Gasteiger charge is -2.13. The van der Waals surface area contributed by atoms with E-state index in [0.29, 0.717) is 29.2 Å². The van der Waals surface area contributed by atoms with Crippen molar-refractivity contribution in [3.8, 4) is 11.5 Å². The van der Waals surface area contributed by atoms with Gasteiger partial charge in [0.15, 0.2) is 17.3 Å². The van der Waals surface area contributed by atoms with Crippen LogP contribution in [-0.4, -0.2) is 52.2 Å². The molecule has 30 heavy (non-hydrogen) atoms. The molecule has 0 atom stereocenters. The van der Waals surface area contributed by atoms with Gasteiger partial charge in [0.05, 0.1) is 18.6 Å². The summed E-state index contributed by atoms with van der Waals surface area (Å²) in [6.45, 7) is 1.75. The third-order valence-corrected chi connectivity index (χ3v) is 6.08. The van der Waals surface area contributed by atoms with E-state index in [1.165, 1.54) is 40.3 Å². The molecule has 0 bridgehead atoms. The third kappa shape index (κ3) is 6.04. The van der Waals surface area contributed by atoms with Gasteiger partial charge in [-0.05, 0) is 49.7 Å². The summed E-state index contributed by atoms with van der Waals surface area (Å²) in [5.74, 6) is 0.617. The first-order valence-electron chi connectivity index (χ1n) is 9.29. The van der Waals surface area contributed by atoms with Crippen molar-refractivity contribution in [3.63, 3.8) is 0 Å². The van der Waals surface area contributed by atoms with Crippen molar-refractivity contribution in [2.45, 2.75) is 24.7 Å². The first-order valence-corrected chi connectivity index (χ1v) is 10.7. The molecule has 9 heteroatoms. The Balaban J connectivity index is 1.89. The maximum Gasteiger partial charge on any atom is 0.242 e. The normalized spacial score (nSPS) is 11.2. The second-order valence-corrected chi connectivity index (χ2v) is 8.89. The predicted molar refractivity (Wildman–Crippen MR) is 114 cm³/mol. The van der Waals surface area contributed by atoms with Crippen LogP contribution in [0.25, 0.3) is 0 Å². The number of carbonyl (C=O) groups is 2. The summed E-state index contributed by atoms with van der Waals surface area (Å²) in [5, 5.41) is 2.69. The highest BCUT2D eigenvalue weighted by molar-refractivity contribution is 7.89. The van der Waals surface area contributed by atoms with Gasteiger partial charge >= 0.3 is 0 Å². The van der Waals surface area contributed by atoms with Crippen LogP contribution in [0, 0.1) is 0 Å². The topological polar surface area (TPSA) is 102 Å². The van der Waals surface area contributed by atoms with Crippen LogP contribution in [-0.2, 0) is 14.8 Å². The minimum atomic E-state index is -3.57. The van der Waals surface area contributed by atoms with Gasteiger partial charge in [-0.1, -0.05) is 6.07 Å². The molecular formula is C21H26N2O6S. The molecule has 2 aromatic carbocycles. The average molecular weight is 435 g/mol. The molecule has 0 unspecified atom stereocenters. The molecule has 1 amide bonds. The quantitative estimate of drug-likeness (QED) is 0.456. The molecule has 0 aliphatic heterocycles. The first-order chi connectivity index (χ1) is 14.1. The van der Waals surface area contributed by atoms with Crippen molar-refractivity contribution in [3.05, 3.63) is 48.0 Å². The predicted octanol–water partition coefficient (Wildman–Crippen LogP) is 2.95. The zero-order chi connectivity index (χ0) is 22.3. The van der Waals surface area contributed by atoms with Crippen LogP contribution >= 0.6 is 0 Å². The van der Waals surface area contributed by atoms with E-state index < -0.39 is 10.0 Å². The maximum absolute atomic E-state index is 12.2. The largest absolute Gasteiger partial charge is 0.493 e. The van der Waals surface area contributed by atoms with E-state index in [2.05, 4.69) is 5.32 Å². The lowest BCUT2D eigenvalue weighted by molar-refractivity contribution is -0.116. The SMILES string of the molecule is COc1cc(C(C)=O)ccc1OCCCC(=O)Nc1cccc(S(=O)(=O)N(C)C)c1. The number of rotatable bonds is 10. The van der Waals surface area contributed by atoms with Crippen LogP contribution in [0.5, 0.6) is 11.5 Å². The molecule has 0 aromatic heterocycles. The molecule has 0 saturated carbocycles. The van der Waals surface area contributed by atoms with Crippen molar-refractivity contribution in [1.29, 1.82) is 0 Å². The number of ketones is 1. The van der Waals surface area contributed by atoms with E-state index in [9.17, 15) is 18.0 Å². The number of benzene rings is 2. The molecule has 0 aliphatic rings. The number of amides is 1. The number of anilines is 1. The van der Waals surface area contributed by atoms with Gasteiger partial charge in [-0.3, -0.25) is 9.59 Å². The molecule has 0 saturated heterocycles. The fraction of sp³-hybridized carbons (Fsp3) is 0.333. The first kappa shape index (κ1) is 23.4. The molecule has 0 fully saturated rings. The van der Waals surface area contributed by atoms with Crippen molar-refractivity contribution in [2.24, 2.45) is 0 Å². The third-order valence-electron chi connectivity index (χ3n) is 4.27. The van der Waals surface area contributed by atoms with E-state index in [4.69, 9.17) is 9.47 Å². The van der Waals surface area contributed by atoms with Crippen molar-refractivity contribution in [1.82, 2.24) is 4.31 Å². The van der Waals surface area contributed by atoms with Gasteiger partial charge in [0.1, 0.15) is 0 Å². The molecule has 8 nitrogen and oxygen atoms in total. The highest BCUT2D eigenvalue weighted by atomic mass is 32.2. The Morgan fingerprint density at radius 2 is 1.80 bits per heavy atom. The average Bonchev–Trinajstić information content (AvgIpc) is 2.71. The van der Waals surface area contributed by atoms with Gasteiger partial charge < -0.3 is 14.8 Å². The molecule has 1 N–H and O–H groups in total. The number of nitrogens with one attached hydrogen (secondary N) is 1. The van der Waals surface area contributed by atoms with Crippen molar-refractivity contribution >= 4 is 27.4 Å². The molecular weight excluding hydrogens is 408 g/mol. The molecule has 0 aliphatic carbocycles. The summed E-state index contributed by atoms with van der Waals surface area (Å²) in [6, 6.07) is 11.0. The minimum Gasteiger partial charge on any atom is -0.493 e. The van der Waals surface area contributed by atoms with Crippen LogP contribution in [0.1, 0.15) is 30.1 Å². The zero-order valence-corrected chi connectivity index (χ0v) is 18.3. The Labute approximate surface area is 176 Å². The number of hydrogen-bond acceptors (Lipinski definition) is 6. The Hall–Kier alpha value is -2.91. The van der Waals surface area contributed by atoms with E-state index in [0.717, 1.165) is 4.31 Å². The Morgan fingerprint density at radius 3 is 2.43 bits per heavy atom. The van der Waals surface area contributed by atoms with Gasteiger partial charge in [0.2, 0.25) is 15.9 Å². The summed E-state index contributed by atoms with van der Waals surface area (Å²) in [4.78, 5) is 23.7. The highest BCUT2D eigenvalue weighted by Gasteiger charge is 2.17. The number of hydrogen-bond donors (Lipinski definition) is 1. The summed E-state index contributed by atoms with van der Waals surface area (Å²) < 4.78 is 36.4. The van der Waals surface area contributed by atoms with Crippen LogP contribution in [0.3, 0.4) is 0 Å². The van der Waals surface area contributed by atoms with Gasteiger partial charge in [-0.2, -0.15) is 0 Å². The molecule has 2 aromatic rings. The van der Waals surface area contributed by atoms with E-state index in [1.807, 2.05) is 0 Å². The van der Waals surface area contributed by atoms with Crippen LogP contribution in [0.15, 0.2) is 47.4 Å². The molecule has 0 spiro atoms. The fourth-order valence-electron chi connectivity index (χ4n) is 2.59. The van der Waals surface area contributed by atoms with Crippen LogP contribution in [0.2, 0.25) is 0 Å². The van der Waals surface area contributed by atoms with Crippen LogP contribution < -0.4 is 14.8 Å². The highest BCUT2D eigenvalue weighted by Crippen LogP contribution is 2.28. The Bertz CT molecular complexity index is 1020. The fourth-order valence-corrected chi connectivity index (χ4v) is 3.54. The monoisotopic (exact) mass is 434 g/mol. The Kier molecular flexibility index (Phi) is 7.96. The summed E-state index contributed by atoms with van der Waals surface area (Å²) in [5.41, 5.74) is 0.933. The smallest absolute Gasteiger partial charge is 0.242 e. The molecule has 0 heterocycles. The number of methoxy groups -OCH3 is 1. The number of ether oxygens (including phenoxy) is 2. The second-order valence-electron chi connectivity index (χ2n) is 6.74. The second kappa shape index (κ2) is 10.2. The summed E-state index contributed by atoms with van der Waals surface area (Å²) in [6.07, 6.45) is 0.637. The molecule has 0 radical (unpaired) electrons. The van der Waals surface area contributed by atoms with Gasteiger partial charge in [-0.25, -0.2) is 12.7 Å². The lowest BCUT2D eigenvalue weighted by atomic mass is 10.1. The van der Waals surface area contributed by atoms with Gasteiger partial charge in [0.25, 0.3) is 0 Å². The molecule has 162 valence electrons. The van der Waals surface area contributed by atoms with E-state index in [1.54, 1.807) is 30.3 Å². The standard InChI is InChI=1S/C21H26N2O6S/c1-15(24)16-10-11-19(20(13-16)28-4)29-12-6-9-21(25)22-17-7-5-8-18(14-17)30(26,27)23(2)3/h5,7-8,10-11,13-14H,6,9,12H2,1-4H3,(H,22,25). The lowest BCUT2D eigenvalue weighted by Crippen LogP contribution is -2.22. The maximum atomic E-state index is 12.2. The number of carbonyl (C=O) groups excluding carboxylic acids is 2. The Morgan fingerprint density at radius 1 is 1.07 bits per heavy atom. The van der Waals surface area contributed by atoms with Crippen molar-refractivity contribution < 1.29 is 27.5 Å². The number of nitrogens with zero attached hydrogens (tertiary/aromatic N) is 1. The number of Topliss-reactive ketones (excluding diaryl/α,β-unsaturated/α-hetero) is 1. The molecule has 2 rings (SSSR count). The summed E-state index contributed by atoms with van der Waals surface area (Å²) in [7, 11) is 0.813.